The third-order valence-corrected chi connectivity index (χ3v) is 4.27. The van der Waals surface area contributed by atoms with Gasteiger partial charge in [-0.2, -0.15) is 0 Å². The first-order valence-corrected chi connectivity index (χ1v) is 7.31. The van der Waals surface area contributed by atoms with Gasteiger partial charge in [0.1, 0.15) is 0 Å². The van der Waals surface area contributed by atoms with Gasteiger partial charge in [-0.1, -0.05) is 6.92 Å². The van der Waals surface area contributed by atoms with Crippen molar-refractivity contribution in [2.45, 2.75) is 33.1 Å². The monoisotopic (exact) mass is 254 g/mol. The molecule has 0 radical (unpaired) electrons. The number of hydrogen-bond acceptors (Lipinski definition) is 4. The average Bonchev–Trinajstić information content (AvgIpc) is 2.90. The molecule has 1 unspecified atom stereocenters. The number of rotatable bonds is 6. The minimum Gasteiger partial charge on any atom is -0.381 e. The summed E-state index contributed by atoms with van der Waals surface area (Å²) in [5.41, 5.74) is 1.42. The van der Waals surface area contributed by atoms with Gasteiger partial charge in [0.15, 0.2) is 0 Å². The van der Waals surface area contributed by atoms with Gasteiger partial charge in [0.2, 0.25) is 0 Å². The molecule has 4 heteroatoms. The van der Waals surface area contributed by atoms with E-state index >= 15 is 0 Å². The number of nitrogens with one attached hydrogen (secondary N) is 1. The molecule has 0 spiro atoms. The summed E-state index contributed by atoms with van der Waals surface area (Å²) >= 11 is 1.78. The van der Waals surface area contributed by atoms with Gasteiger partial charge in [0.25, 0.3) is 0 Å². The molecule has 0 bridgehead atoms. The van der Waals surface area contributed by atoms with Crippen molar-refractivity contribution in [2.75, 3.05) is 26.3 Å². The normalized spacial score (nSPS) is 24.4. The minimum atomic E-state index is 0.277. The number of ether oxygens (including phenoxy) is 1. The van der Waals surface area contributed by atoms with Crippen LogP contribution in [-0.2, 0) is 11.2 Å². The Balaban J connectivity index is 1.96. The molecule has 1 aromatic heterocycles. The van der Waals surface area contributed by atoms with Crippen LogP contribution in [0, 0.1) is 12.3 Å². The van der Waals surface area contributed by atoms with E-state index < -0.39 is 0 Å². The molecule has 2 heterocycles. The number of thiazole rings is 1. The molecular formula is C13H22N2OS. The molecule has 1 aliphatic heterocycles. The first kappa shape index (κ1) is 13.0. The van der Waals surface area contributed by atoms with E-state index in [2.05, 4.69) is 29.5 Å². The number of hydrogen-bond donors (Lipinski definition) is 1. The van der Waals surface area contributed by atoms with E-state index in [1.165, 1.54) is 11.4 Å². The van der Waals surface area contributed by atoms with Crippen LogP contribution in [0.3, 0.4) is 0 Å². The first-order valence-electron chi connectivity index (χ1n) is 6.44. The third kappa shape index (κ3) is 3.50. The number of nitrogens with zero attached hydrogens (tertiary/aromatic N) is 1. The Kier molecular flexibility index (Phi) is 4.54. The lowest BCUT2D eigenvalue weighted by atomic mass is 9.84. The maximum absolute atomic E-state index is 5.61. The molecule has 1 aliphatic rings. The van der Waals surface area contributed by atoms with Crippen LogP contribution in [0.15, 0.2) is 5.38 Å². The Labute approximate surface area is 108 Å². The quantitative estimate of drug-likeness (QED) is 0.792. The highest BCUT2D eigenvalue weighted by Gasteiger charge is 2.35. The van der Waals surface area contributed by atoms with Crippen LogP contribution >= 0.6 is 11.3 Å². The summed E-state index contributed by atoms with van der Waals surface area (Å²) in [6.45, 7) is 8.20. The Bertz CT molecular complexity index is 345. The topological polar surface area (TPSA) is 34.2 Å². The highest BCUT2D eigenvalue weighted by Crippen LogP contribution is 2.33. The van der Waals surface area contributed by atoms with Gasteiger partial charge >= 0.3 is 0 Å². The molecule has 2 rings (SSSR count). The molecule has 3 nitrogen and oxygen atoms in total. The van der Waals surface area contributed by atoms with E-state index in [0.29, 0.717) is 0 Å². The number of aryl methyl sites for hydroxylation is 1. The summed E-state index contributed by atoms with van der Waals surface area (Å²) in [5, 5.41) is 6.93. The van der Waals surface area contributed by atoms with Crippen molar-refractivity contribution in [3.8, 4) is 0 Å². The molecule has 1 N–H and O–H groups in total. The summed E-state index contributed by atoms with van der Waals surface area (Å²) in [6.07, 6.45) is 3.40. The molecule has 0 aromatic carbocycles. The third-order valence-electron chi connectivity index (χ3n) is 3.30. The van der Waals surface area contributed by atoms with Gasteiger partial charge in [-0.25, -0.2) is 4.98 Å². The van der Waals surface area contributed by atoms with Gasteiger partial charge in [0, 0.05) is 36.1 Å². The smallest absolute Gasteiger partial charge is 0.0935 e. The van der Waals surface area contributed by atoms with Crippen molar-refractivity contribution < 1.29 is 4.74 Å². The van der Waals surface area contributed by atoms with Crippen molar-refractivity contribution in [3.05, 3.63) is 16.1 Å². The molecule has 17 heavy (non-hydrogen) atoms. The second-order valence-electron chi connectivity index (χ2n) is 5.04. The lowest BCUT2D eigenvalue weighted by molar-refractivity contribution is 0.149. The summed E-state index contributed by atoms with van der Waals surface area (Å²) < 4.78 is 5.61. The lowest BCUT2D eigenvalue weighted by Crippen LogP contribution is -2.37. The maximum atomic E-state index is 5.61. The van der Waals surface area contributed by atoms with Crippen molar-refractivity contribution in [2.24, 2.45) is 5.41 Å². The van der Waals surface area contributed by atoms with E-state index in [1.807, 2.05) is 0 Å². The molecule has 1 atom stereocenters. The summed E-state index contributed by atoms with van der Waals surface area (Å²) in [6, 6.07) is 0. The van der Waals surface area contributed by atoms with Gasteiger partial charge in [-0.3, -0.25) is 0 Å². The van der Waals surface area contributed by atoms with Crippen LogP contribution in [0.5, 0.6) is 0 Å². The lowest BCUT2D eigenvalue weighted by Gasteiger charge is -2.26. The van der Waals surface area contributed by atoms with Crippen LogP contribution in [0.25, 0.3) is 0 Å². The molecule has 1 aromatic rings. The maximum Gasteiger partial charge on any atom is 0.0935 e. The Morgan fingerprint density at radius 1 is 1.59 bits per heavy atom. The Hall–Kier alpha value is -0.450. The van der Waals surface area contributed by atoms with Crippen molar-refractivity contribution >= 4 is 11.3 Å². The standard InChI is InChI=1S/C13H22N2OS/c1-3-5-14-9-13(4-6-16-10-13)7-12-15-11(2)8-17-12/h8,14H,3-7,9-10H2,1-2H3. The zero-order chi connectivity index (χ0) is 12.1. The van der Waals surface area contributed by atoms with E-state index in [-0.39, 0.29) is 5.41 Å². The fraction of sp³-hybridized carbons (Fsp3) is 0.769. The van der Waals surface area contributed by atoms with E-state index in [0.717, 1.165) is 44.8 Å². The molecule has 1 saturated heterocycles. The van der Waals surface area contributed by atoms with Gasteiger partial charge < -0.3 is 10.1 Å². The highest BCUT2D eigenvalue weighted by atomic mass is 32.1. The molecule has 1 fully saturated rings. The second kappa shape index (κ2) is 5.94. The summed E-state index contributed by atoms with van der Waals surface area (Å²) in [4.78, 5) is 4.58. The molecule has 96 valence electrons. The van der Waals surface area contributed by atoms with Crippen LogP contribution in [-0.4, -0.2) is 31.3 Å². The molecule has 0 aliphatic carbocycles. The summed E-state index contributed by atoms with van der Waals surface area (Å²) in [7, 11) is 0. The average molecular weight is 254 g/mol. The molecule has 0 saturated carbocycles. The first-order chi connectivity index (χ1) is 8.24. The zero-order valence-electron chi connectivity index (χ0n) is 10.8. The predicted octanol–water partition coefficient (Wildman–Crippen LogP) is 2.40. The largest absolute Gasteiger partial charge is 0.381 e. The van der Waals surface area contributed by atoms with E-state index in [9.17, 15) is 0 Å². The fourth-order valence-corrected chi connectivity index (χ4v) is 3.27. The Morgan fingerprint density at radius 3 is 3.06 bits per heavy atom. The van der Waals surface area contributed by atoms with Crippen molar-refractivity contribution in [1.29, 1.82) is 0 Å². The predicted molar refractivity (Wildman–Crippen MR) is 71.6 cm³/mol. The highest BCUT2D eigenvalue weighted by molar-refractivity contribution is 7.09. The Morgan fingerprint density at radius 2 is 2.47 bits per heavy atom. The van der Waals surface area contributed by atoms with Crippen LogP contribution in [0.4, 0.5) is 0 Å². The SMILES string of the molecule is CCCNCC1(Cc2nc(C)cs2)CCOC1. The van der Waals surface area contributed by atoms with E-state index in [4.69, 9.17) is 4.74 Å². The van der Waals surface area contributed by atoms with Crippen LogP contribution in [0.1, 0.15) is 30.5 Å². The minimum absolute atomic E-state index is 0.277. The molecule has 0 amide bonds. The van der Waals surface area contributed by atoms with Crippen LogP contribution in [0.2, 0.25) is 0 Å². The van der Waals surface area contributed by atoms with E-state index in [1.54, 1.807) is 11.3 Å². The second-order valence-corrected chi connectivity index (χ2v) is 5.98. The zero-order valence-corrected chi connectivity index (χ0v) is 11.6. The molecular weight excluding hydrogens is 232 g/mol. The van der Waals surface area contributed by atoms with Crippen molar-refractivity contribution in [3.63, 3.8) is 0 Å². The summed E-state index contributed by atoms with van der Waals surface area (Å²) in [5.74, 6) is 0. The number of aromatic nitrogens is 1. The van der Waals surface area contributed by atoms with Gasteiger partial charge in [-0.05, 0) is 26.3 Å². The van der Waals surface area contributed by atoms with Crippen LogP contribution < -0.4 is 5.32 Å². The fourth-order valence-electron chi connectivity index (χ4n) is 2.33. The van der Waals surface area contributed by atoms with Gasteiger partial charge in [-0.15, -0.1) is 11.3 Å². The van der Waals surface area contributed by atoms with Gasteiger partial charge in [0.05, 0.1) is 11.6 Å². The van der Waals surface area contributed by atoms with Crippen molar-refractivity contribution in [1.82, 2.24) is 10.3 Å².